The van der Waals surface area contributed by atoms with Crippen LogP contribution < -0.4 is 10.2 Å². The van der Waals surface area contributed by atoms with Gasteiger partial charge in [0.1, 0.15) is 5.92 Å². The number of carbonyl (C=O) groups excluding carboxylic acids is 2. The summed E-state index contributed by atoms with van der Waals surface area (Å²) in [4.78, 5) is 29.0. The molecule has 27 heavy (non-hydrogen) atoms. The Labute approximate surface area is 164 Å². The van der Waals surface area contributed by atoms with Crippen LogP contribution in [-0.2, 0) is 22.7 Å². The molecule has 1 atom stereocenters. The van der Waals surface area contributed by atoms with Gasteiger partial charge in [0.15, 0.2) is 0 Å². The molecule has 3 rings (SSSR count). The maximum absolute atomic E-state index is 12.7. The first kappa shape index (κ1) is 19.4. The molecule has 1 aliphatic rings. The number of rotatable bonds is 6. The molecule has 0 aliphatic carbocycles. The van der Waals surface area contributed by atoms with Gasteiger partial charge in [-0.1, -0.05) is 35.9 Å². The van der Waals surface area contributed by atoms with Crippen molar-refractivity contribution in [1.29, 1.82) is 0 Å². The zero-order chi connectivity index (χ0) is 19.4. The van der Waals surface area contributed by atoms with Gasteiger partial charge in [0.2, 0.25) is 11.8 Å². The van der Waals surface area contributed by atoms with Crippen molar-refractivity contribution in [3.05, 3.63) is 64.7 Å². The monoisotopic (exact) mass is 385 g/mol. The normalized spacial score (nSPS) is 16.8. The topological polar surface area (TPSA) is 52.7 Å². The van der Waals surface area contributed by atoms with Crippen molar-refractivity contribution in [2.75, 3.05) is 25.5 Å². The number of anilines is 1. The van der Waals surface area contributed by atoms with Crippen LogP contribution in [-0.4, -0.2) is 37.4 Å². The fourth-order valence-corrected chi connectivity index (χ4v) is 3.46. The van der Waals surface area contributed by atoms with Crippen LogP contribution in [0.15, 0.2) is 48.5 Å². The maximum atomic E-state index is 12.7. The van der Waals surface area contributed by atoms with E-state index in [9.17, 15) is 9.59 Å². The zero-order valence-electron chi connectivity index (χ0n) is 15.6. The third kappa shape index (κ3) is 4.67. The highest BCUT2D eigenvalue weighted by atomic mass is 35.5. The Morgan fingerprint density at radius 3 is 2.48 bits per heavy atom. The largest absolute Gasteiger partial charge is 0.351 e. The van der Waals surface area contributed by atoms with E-state index in [1.807, 2.05) is 32.3 Å². The molecule has 0 spiro atoms. The molecule has 0 radical (unpaired) electrons. The number of carbonyl (C=O) groups is 2. The summed E-state index contributed by atoms with van der Waals surface area (Å²) in [6, 6.07) is 15.1. The van der Waals surface area contributed by atoms with E-state index >= 15 is 0 Å². The highest BCUT2D eigenvalue weighted by Gasteiger charge is 2.37. The van der Waals surface area contributed by atoms with E-state index in [1.165, 1.54) is 5.56 Å². The van der Waals surface area contributed by atoms with Crippen LogP contribution in [0, 0.1) is 5.92 Å². The highest BCUT2D eigenvalue weighted by Crippen LogP contribution is 2.26. The molecule has 1 N–H and O–H groups in total. The van der Waals surface area contributed by atoms with Gasteiger partial charge in [0, 0.05) is 30.3 Å². The van der Waals surface area contributed by atoms with Gasteiger partial charge < -0.3 is 15.1 Å². The van der Waals surface area contributed by atoms with E-state index in [1.54, 1.807) is 29.2 Å². The molecule has 1 saturated heterocycles. The number of benzene rings is 2. The summed E-state index contributed by atoms with van der Waals surface area (Å²) in [5, 5.41) is 3.56. The number of nitrogens with zero attached hydrogens (tertiary/aromatic N) is 2. The summed E-state index contributed by atoms with van der Waals surface area (Å²) in [6.45, 7) is 1.77. The lowest BCUT2D eigenvalue weighted by Gasteiger charge is -2.17. The van der Waals surface area contributed by atoms with Gasteiger partial charge in [-0.15, -0.1) is 0 Å². The third-order valence-corrected chi connectivity index (χ3v) is 4.97. The molecule has 6 heteroatoms. The minimum Gasteiger partial charge on any atom is -0.351 e. The van der Waals surface area contributed by atoms with Gasteiger partial charge in [0.25, 0.3) is 0 Å². The molecule has 5 nitrogen and oxygen atoms in total. The maximum Gasteiger partial charge on any atom is 0.239 e. The van der Waals surface area contributed by atoms with Crippen LogP contribution >= 0.6 is 11.6 Å². The summed E-state index contributed by atoms with van der Waals surface area (Å²) in [5.74, 6) is -1.01. The molecule has 1 unspecified atom stereocenters. The number of amides is 2. The molecule has 2 aromatic rings. The molecule has 2 aromatic carbocycles. The molecular formula is C21H24ClN3O2. The van der Waals surface area contributed by atoms with Crippen molar-refractivity contribution in [1.82, 2.24) is 10.2 Å². The van der Waals surface area contributed by atoms with Gasteiger partial charge >= 0.3 is 0 Å². The minimum atomic E-state index is -0.637. The number of halogens is 1. The van der Waals surface area contributed by atoms with Crippen LogP contribution in [0.4, 0.5) is 5.69 Å². The smallest absolute Gasteiger partial charge is 0.239 e. The fraction of sp³-hybridized carbons (Fsp3) is 0.333. The first-order valence-electron chi connectivity index (χ1n) is 9.02. The fourth-order valence-electron chi connectivity index (χ4n) is 3.33. The molecular weight excluding hydrogens is 362 g/mol. The Balaban J connectivity index is 1.62. The molecule has 1 fully saturated rings. The Kier molecular flexibility index (Phi) is 6.14. The Morgan fingerprint density at radius 1 is 1.15 bits per heavy atom. The quantitative estimate of drug-likeness (QED) is 0.777. The van der Waals surface area contributed by atoms with Crippen LogP contribution in [0.2, 0.25) is 5.02 Å². The lowest BCUT2D eigenvalue weighted by molar-refractivity contribution is -0.132. The summed E-state index contributed by atoms with van der Waals surface area (Å²) in [7, 11) is 4.02. The van der Waals surface area contributed by atoms with Gasteiger partial charge in [-0.3, -0.25) is 9.59 Å². The van der Waals surface area contributed by atoms with Crippen molar-refractivity contribution < 1.29 is 9.59 Å². The van der Waals surface area contributed by atoms with Crippen molar-refractivity contribution in [2.45, 2.75) is 19.5 Å². The van der Waals surface area contributed by atoms with Crippen molar-refractivity contribution in [3.63, 3.8) is 0 Å². The molecule has 0 aromatic heterocycles. The van der Waals surface area contributed by atoms with Crippen LogP contribution in [0.5, 0.6) is 0 Å². The predicted octanol–water partition coefficient (Wildman–Crippen LogP) is 3.07. The standard InChI is InChI=1S/C21H24ClN3O2/c1-24(2)14-16-6-4-3-5-15(16)13-23-20(26)19-11-12-25(21(19)27)18-9-7-17(22)8-10-18/h3-10,19H,11-14H2,1-2H3,(H,23,26). The van der Waals surface area contributed by atoms with Gasteiger partial charge in [-0.25, -0.2) is 0 Å². The molecule has 0 bridgehead atoms. The third-order valence-electron chi connectivity index (χ3n) is 4.72. The van der Waals surface area contributed by atoms with E-state index in [2.05, 4.69) is 16.3 Å². The van der Waals surface area contributed by atoms with Crippen molar-refractivity contribution in [3.8, 4) is 0 Å². The second-order valence-electron chi connectivity index (χ2n) is 7.03. The lowest BCUT2D eigenvalue weighted by Crippen LogP contribution is -2.36. The Bertz CT molecular complexity index is 820. The van der Waals surface area contributed by atoms with Crippen molar-refractivity contribution >= 4 is 29.1 Å². The number of nitrogens with one attached hydrogen (secondary N) is 1. The molecule has 142 valence electrons. The summed E-state index contributed by atoms with van der Waals surface area (Å²) in [6.07, 6.45) is 0.520. The van der Waals surface area contributed by atoms with Gasteiger partial charge in [0.05, 0.1) is 0 Å². The first-order chi connectivity index (χ1) is 13.0. The number of hydrogen-bond donors (Lipinski definition) is 1. The van der Waals surface area contributed by atoms with Crippen LogP contribution in [0.1, 0.15) is 17.5 Å². The highest BCUT2D eigenvalue weighted by molar-refractivity contribution is 6.30. The first-order valence-corrected chi connectivity index (χ1v) is 9.39. The zero-order valence-corrected chi connectivity index (χ0v) is 16.4. The molecule has 1 heterocycles. The van der Waals surface area contributed by atoms with E-state index in [-0.39, 0.29) is 11.8 Å². The van der Waals surface area contributed by atoms with Crippen molar-refractivity contribution in [2.24, 2.45) is 5.92 Å². The summed E-state index contributed by atoms with van der Waals surface area (Å²) < 4.78 is 0. The average molecular weight is 386 g/mol. The Hall–Kier alpha value is -2.37. The molecule has 2 amide bonds. The van der Waals surface area contributed by atoms with E-state index < -0.39 is 5.92 Å². The van der Waals surface area contributed by atoms with E-state index in [4.69, 9.17) is 11.6 Å². The second-order valence-corrected chi connectivity index (χ2v) is 7.47. The number of hydrogen-bond acceptors (Lipinski definition) is 3. The summed E-state index contributed by atoms with van der Waals surface area (Å²) in [5.41, 5.74) is 3.01. The Morgan fingerprint density at radius 2 is 1.81 bits per heavy atom. The SMILES string of the molecule is CN(C)Cc1ccccc1CNC(=O)C1CCN(c2ccc(Cl)cc2)C1=O. The van der Waals surface area contributed by atoms with Gasteiger partial charge in [-0.05, 0) is 55.9 Å². The average Bonchev–Trinajstić information content (AvgIpc) is 3.02. The van der Waals surface area contributed by atoms with Gasteiger partial charge in [-0.2, -0.15) is 0 Å². The van der Waals surface area contributed by atoms with Crippen LogP contribution in [0.3, 0.4) is 0 Å². The predicted molar refractivity (Wildman–Crippen MR) is 108 cm³/mol. The lowest BCUT2D eigenvalue weighted by atomic mass is 10.1. The van der Waals surface area contributed by atoms with E-state index in [0.717, 1.165) is 17.8 Å². The second kappa shape index (κ2) is 8.55. The minimum absolute atomic E-state index is 0.156. The van der Waals surface area contributed by atoms with Crippen LogP contribution in [0.25, 0.3) is 0 Å². The molecule has 1 aliphatic heterocycles. The summed E-state index contributed by atoms with van der Waals surface area (Å²) >= 11 is 5.91. The van der Waals surface area contributed by atoms with E-state index in [0.29, 0.717) is 24.5 Å². The molecule has 0 saturated carbocycles.